The lowest BCUT2D eigenvalue weighted by Crippen LogP contribution is -2.04. The van der Waals surface area contributed by atoms with Crippen LogP contribution >= 0.6 is 11.6 Å². The highest BCUT2D eigenvalue weighted by molar-refractivity contribution is 6.32. The first-order chi connectivity index (χ1) is 7.20. The van der Waals surface area contributed by atoms with Crippen LogP contribution in [0, 0.1) is 5.82 Å². The third kappa shape index (κ3) is 2.26. The summed E-state index contributed by atoms with van der Waals surface area (Å²) in [6.45, 7) is 0. The Morgan fingerprint density at radius 3 is 2.73 bits per heavy atom. The zero-order valence-electron chi connectivity index (χ0n) is 8.39. The number of halogens is 2. The average molecular weight is 220 g/mol. The Labute approximate surface area is 95.5 Å². The molecule has 1 aliphatic carbocycles. The summed E-state index contributed by atoms with van der Waals surface area (Å²) in [6.07, 6.45) is 3.11. The minimum absolute atomic E-state index is 0.279. The Bertz CT molecular complexity index is 392. The number of allylic oxidation sites excluding steroid dienone is 2. The molecule has 0 saturated heterocycles. The quantitative estimate of drug-likeness (QED) is 0.531. The van der Waals surface area contributed by atoms with Crippen molar-refractivity contribution in [3.63, 3.8) is 0 Å². The maximum Gasteiger partial charge on any atom is 0.123 e. The molecule has 0 unspecified atom stereocenters. The van der Waals surface area contributed by atoms with Crippen LogP contribution in [0.25, 0.3) is 5.57 Å². The van der Waals surface area contributed by atoms with Crippen molar-refractivity contribution in [1.82, 2.24) is 0 Å². The summed E-state index contributed by atoms with van der Waals surface area (Å²) in [6, 6.07) is 4.68. The number of hydrogen-bond acceptors (Lipinski definition) is 0. The van der Waals surface area contributed by atoms with Gasteiger partial charge in [-0.2, -0.15) is 0 Å². The molecule has 2 radical (unpaired) electrons. The van der Waals surface area contributed by atoms with Gasteiger partial charge in [-0.3, -0.25) is 0 Å². The van der Waals surface area contributed by atoms with Crippen LogP contribution in [0.15, 0.2) is 23.8 Å². The number of benzene rings is 1. The second-order valence-corrected chi connectivity index (χ2v) is 4.11. The lowest BCUT2D eigenvalue weighted by atomic mass is 9.91. The fourth-order valence-electron chi connectivity index (χ4n) is 2.09. The van der Waals surface area contributed by atoms with E-state index in [0.717, 1.165) is 24.8 Å². The summed E-state index contributed by atoms with van der Waals surface area (Å²) in [5, 5.41) is 0. The van der Waals surface area contributed by atoms with E-state index in [4.69, 9.17) is 19.4 Å². The molecule has 0 fully saturated rings. The van der Waals surface area contributed by atoms with Crippen molar-refractivity contribution in [3.8, 4) is 0 Å². The molecule has 0 atom stereocenters. The van der Waals surface area contributed by atoms with Crippen molar-refractivity contribution < 1.29 is 4.39 Å². The van der Waals surface area contributed by atoms with E-state index in [-0.39, 0.29) is 5.82 Å². The first-order valence-corrected chi connectivity index (χ1v) is 5.57. The van der Waals surface area contributed by atoms with E-state index < -0.39 is 0 Å². The molecule has 1 aromatic carbocycles. The summed E-state index contributed by atoms with van der Waals surface area (Å²) >= 11 is 5.85. The normalized spacial score (nSPS) is 16.1. The first-order valence-electron chi connectivity index (χ1n) is 5.04. The summed E-state index contributed by atoms with van der Waals surface area (Å²) in [5.41, 5.74) is 3.76. The van der Waals surface area contributed by atoms with Gasteiger partial charge in [-0.25, -0.2) is 4.39 Å². The highest BCUT2D eigenvalue weighted by Gasteiger charge is 2.15. The van der Waals surface area contributed by atoms with E-state index in [1.165, 1.54) is 23.3 Å². The van der Waals surface area contributed by atoms with Crippen molar-refractivity contribution in [2.75, 3.05) is 5.88 Å². The Hall–Kier alpha value is -0.755. The molecule has 76 valence electrons. The van der Waals surface area contributed by atoms with Crippen LogP contribution in [-0.2, 0) is 0 Å². The highest BCUT2D eigenvalue weighted by atomic mass is 35.5. The molecule has 0 spiro atoms. The SMILES string of the molecule is [B]c1cc(F)cc(C2=C(CCl)CCC2)c1. The molecule has 0 nitrogen and oxygen atoms in total. The average Bonchev–Trinajstić information content (AvgIpc) is 2.63. The van der Waals surface area contributed by atoms with Crippen molar-refractivity contribution >= 4 is 30.5 Å². The maximum atomic E-state index is 13.2. The van der Waals surface area contributed by atoms with Gasteiger partial charge in [-0.1, -0.05) is 17.1 Å². The Kier molecular flexibility index (Phi) is 3.15. The van der Waals surface area contributed by atoms with Gasteiger partial charge in [-0.05, 0) is 42.5 Å². The molecule has 0 aromatic heterocycles. The van der Waals surface area contributed by atoms with E-state index >= 15 is 0 Å². The Balaban J connectivity index is 2.44. The molecule has 0 saturated carbocycles. The van der Waals surface area contributed by atoms with Crippen LogP contribution in [0.5, 0.6) is 0 Å². The topological polar surface area (TPSA) is 0 Å². The molecule has 3 heteroatoms. The van der Waals surface area contributed by atoms with Gasteiger partial charge in [-0.15, -0.1) is 11.6 Å². The minimum Gasteiger partial charge on any atom is -0.207 e. The van der Waals surface area contributed by atoms with Gasteiger partial charge >= 0.3 is 0 Å². The van der Waals surface area contributed by atoms with Crippen molar-refractivity contribution in [2.24, 2.45) is 0 Å². The monoisotopic (exact) mass is 220 g/mol. The maximum absolute atomic E-state index is 13.2. The minimum atomic E-state index is -0.279. The van der Waals surface area contributed by atoms with Crippen molar-refractivity contribution in [2.45, 2.75) is 19.3 Å². The molecule has 1 aromatic rings. The Morgan fingerprint density at radius 2 is 2.07 bits per heavy atom. The van der Waals surface area contributed by atoms with E-state index in [1.54, 1.807) is 0 Å². The smallest absolute Gasteiger partial charge is 0.123 e. The molecule has 2 rings (SSSR count). The molecule has 0 bridgehead atoms. The molecule has 15 heavy (non-hydrogen) atoms. The van der Waals surface area contributed by atoms with Gasteiger partial charge in [0, 0.05) is 5.88 Å². The van der Waals surface area contributed by atoms with Crippen molar-refractivity contribution in [3.05, 3.63) is 35.2 Å². The van der Waals surface area contributed by atoms with Crippen LogP contribution in [0.3, 0.4) is 0 Å². The molecular weight excluding hydrogens is 209 g/mol. The van der Waals surface area contributed by atoms with Gasteiger partial charge < -0.3 is 0 Å². The highest BCUT2D eigenvalue weighted by Crippen LogP contribution is 2.34. The predicted molar refractivity (Wildman–Crippen MR) is 63.3 cm³/mol. The predicted octanol–water partition coefficient (Wildman–Crippen LogP) is 2.80. The third-order valence-electron chi connectivity index (χ3n) is 2.76. The third-order valence-corrected chi connectivity index (χ3v) is 3.08. The van der Waals surface area contributed by atoms with Crippen molar-refractivity contribution in [1.29, 1.82) is 0 Å². The number of rotatable bonds is 2. The van der Waals surface area contributed by atoms with Crippen LogP contribution in [-0.4, -0.2) is 13.7 Å². The first kappa shape index (κ1) is 10.8. The van der Waals surface area contributed by atoms with E-state index in [0.29, 0.717) is 11.3 Å². The second-order valence-electron chi connectivity index (χ2n) is 3.84. The van der Waals surface area contributed by atoms with Gasteiger partial charge in [0.15, 0.2) is 0 Å². The lowest BCUT2D eigenvalue weighted by Gasteiger charge is -2.07. The van der Waals surface area contributed by atoms with E-state index in [2.05, 4.69) is 0 Å². The zero-order valence-corrected chi connectivity index (χ0v) is 9.15. The van der Waals surface area contributed by atoms with Gasteiger partial charge in [0.05, 0.1) is 0 Å². The number of hydrogen-bond donors (Lipinski definition) is 0. The van der Waals surface area contributed by atoms with E-state index in [1.807, 2.05) is 6.07 Å². The standard InChI is InChI=1S/C12H11BClF/c13-10-4-9(5-11(15)6-10)12-3-1-2-8(12)7-14/h4-6H,1-3,7H2. The molecule has 0 amide bonds. The van der Waals surface area contributed by atoms with Crippen LogP contribution in [0.2, 0.25) is 0 Å². The molecular formula is C12H11BClF. The number of alkyl halides is 1. The molecule has 0 aliphatic heterocycles. The summed E-state index contributed by atoms with van der Waals surface area (Å²) in [7, 11) is 5.62. The lowest BCUT2D eigenvalue weighted by molar-refractivity contribution is 0.628. The van der Waals surface area contributed by atoms with Gasteiger partial charge in [0.25, 0.3) is 0 Å². The Morgan fingerprint density at radius 1 is 1.27 bits per heavy atom. The van der Waals surface area contributed by atoms with Crippen LogP contribution in [0.4, 0.5) is 4.39 Å². The second kappa shape index (κ2) is 4.40. The summed E-state index contributed by atoms with van der Waals surface area (Å²) < 4.78 is 13.2. The molecule has 1 aliphatic rings. The zero-order chi connectivity index (χ0) is 10.8. The van der Waals surface area contributed by atoms with Gasteiger partial charge in [0.2, 0.25) is 0 Å². The molecule has 0 heterocycles. The van der Waals surface area contributed by atoms with E-state index in [9.17, 15) is 4.39 Å². The van der Waals surface area contributed by atoms with Crippen LogP contribution in [0.1, 0.15) is 24.8 Å². The summed E-state index contributed by atoms with van der Waals surface area (Å²) in [5.74, 6) is 0.254. The summed E-state index contributed by atoms with van der Waals surface area (Å²) in [4.78, 5) is 0. The molecule has 0 N–H and O–H groups in total. The van der Waals surface area contributed by atoms with Gasteiger partial charge in [0.1, 0.15) is 13.7 Å². The largest absolute Gasteiger partial charge is 0.207 e. The fourth-order valence-corrected chi connectivity index (χ4v) is 2.38. The fraction of sp³-hybridized carbons (Fsp3) is 0.333. The van der Waals surface area contributed by atoms with Crippen LogP contribution < -0.4 is 5.46 Å².